The van der Waals surface area contributed by atoms with Crippen LogP contribution in [0.4, 0.5) is 0 Å². The number of aryl methyl sites for hydroxylation is 1. The zero-order valence-corrected chi connectivity index (χ0v) is 12.2. The van der Waals surface area contributed by atoms with Gasteiger partial charge in [-0.05, 0) is 20.3 Å². The molecule has 2 atom stereocenters. The summed E-state index contributed by atoms with van der Waals surface area (Å²) >= 11 is 0. The molecule has 0 spiro atoms. The Hall–Kier alpha value is -0.910. The number of aromatic nitrogens is 1. The molecule has 1 aliphatic rings. The highest BCUT2D eigenvalue weighted by Crippen LogP contribution is 2.16. The predicted octanol–water partition coefficient (Wildman–Crippen LogP) is 1.26. The lowest BCUT2D eigenvalue weighted by Crippen LogP contribution is -2.54. The summed E-state index contributed by atoms with van der Waals surface area (Å²) in [5, 5.41) is 13.6. The van der Waals surface area contributed by atoms with Crippen molar-refractivity contribution in [3.8, 4) is 0 Å². The van der Waals surface area contributed by atoms with E-state index in [0.29, 0.717) is 6.04 Å². The van der Waals surface area contributed by atoms with Crippen molar-refractivity contribution in [3.63, 3.8) is 0 Å². The summed E-state index contributed by atoms with van der Waals surface area (Å²) in [5.74, 6) is 0.870. The van der Waals surface area contributed by atoms with E-state index in [9.17, 15) is 5.11 Å². The van der Waals surface area contributed by atoms with E-state index < -0.39 is 0 Å². The van der Waals surface area contributed by atoms with E-state index in [2.05, 4.69) is 21.9 Å². The third-order valence-electron chi connectivity index (χ3n) is 3.72. The Morgan fingerprint density at radius 3 is 2.89 bits per heavy atom. The molecule has 0 aliphatic carbocycles. The SMILES string of the molecule is CC[C@@H]1CN(Cc2cc(C)on2)CCN1C[C@@H](C)O. The van der Waals surface area contributed by atoms with Gasteiger partial charge in [-0.1, -0.05) is 12.1 Å². The van der Waals surface area contributed by atoms with Gasteiger partial charge in [0.25, 0.3) is 0 Å². The highest BCUT2D eigenvalue weighted by Gasteiger charge is 2.26. The smallest absolute Gasteiger partial charge is 0.133 e. The number of hydrogen-bond acceptors (Lipinski definition) is 5. The van der Waals surface area contributed by atoms with Crippen LogP contribution in [0.2, 0.25) is 0 Å². The summed E-state index contributed by atoms with van der Waals surface area (Å²) < 4.78 is 5.11. The first kappa shape index (κ1) is 14.5. The third-order valence-corrected chi connectivity index (χ3v) is 3.72. The minimum atomic E-state index is -0.251. The lowest BCUT2D eigenvalue weighted by molar-refractivity contribution is 0.0330. The summed E-state index contributed by atoms with van der Waals surface area (Å²) in [6, 6.07) is 2.53. The number of nitrogens with zero attached hydrogens (tertiary/aromatic N) is 3. The van der Waals surface area contributed by atoms with Gasteiger partial charge in [-0.2, -0.15) is 0 Å². The van der Waals surface area contributed by atoms with Crippen molar-refractivity contribution in [1.29, 1.82) is 0 Å². The second kappa shape index (κ2) is 6.50. The van der Waals surface area contributed by atoms with Crippen LogP contribution >= 0.6 is 0 Å². The molecule has 5 heteroatoms. The van der Waals surface area contributed by atoms with E-state index in [1.54, 1.807) is 0 Å². The first-order valence-electron chi connectivity index (χ1n) is 7.15. The standard InChI is InChI=1S/C14H25N3O2/c1-4-14-10-16(5-6-17(14)8-11(2)18)9-13-7-12(3)19-15-13/h7,11,14,18H,4-6,8-10H2,1-3H3/t11-,14-/m1/s1. The molecule has 1 aliphatic heterocycles. The fourth-order valence-corrected chi connectivity index (χ4v) is 2.79. The molecule has 1 N–H and O–H groups in total. The quantitative estimate of drug-likeness (QED) is 0.870. The van der Waals surface area contributed by atoms with Crippen LogP contribution in [0.15, 0.2) is 10.6 Å². The first-order chi connectivity index (χ1) is 9.08. The average molecular weight is 267 g/mol. The number of aliphatic hydroxyl groups is 1. The van der Waals surface area contributed by atoms with Crippen molar-refractivity contribution < 1.29 is 9.63 Å². The van der Waals surface area contributed by atoms with Crippen LogP contribution in [0.1, 0.15) is 31.7 Å². The third kappa shape index (κ3) is 4.03. The molecule has 1 fully saturated rings. The van der Waals surface area contributed by atoms with Crippen LogP contribution < -0.4 is 0 Å². The van der Waals surface area contributed by atoms with Gasteiger partial charge in [0.2, 0.25) is 0 Å². The Balaban J connectivity index is 1.89. The summed E-state index contributed by atoms with van der Waals surface area (Å²) in [7, 11) is 0. The monoisotopic (exact) mass is 267 g/mol. The summed E-state index contributed by atoms with van der Waals surface area (Å²) in [6.45, 7) is 10.7. The van der Waals surface area contributed by atoms with E-state index >= 15 is 0 Å². The number of β-amino-alcohol motifs (C(OH)–C–C–N with tert-alkyl or cyclic N) is 1. The topological polar surface area (TPSA) is 52.7 Å². The average Bonchev–Trinajstić information content (AvgIpc) is 2.76. The van der Waals surface area contributed by atoms with Gasteiger partial charge in [0, 0.05) is 44.8 Å². The molecule has 5 nitrogen and oxygen atoms in total. The minimum Gasteiger partial charge on any atom is -0.392 e. The molecule has 0 radical (unpaired) electrons. The van der Waals surface area contributed by atoms with Crippen molar-refractivity contribution in [3.05, 3.63) is 17.5 Å². The Labute approximate surface area is 115 Å². The van der Waals surface area contributed by atoms with Gasteiger partial charge in [-0.25, -0.2) is 0 Å². The molecule has 2 rings (SSSR count). The molecule has 19 heavy (non-hydrogen) atoms. The summed E-state index contributed by atoms with van der Waals surface area (Å²) in [4.78, 5) is 4.82. The Bertz CT molecular complexity index is 392. The number of aliphatic hydroxyl groups excluding tert-OH is 1. The van der Waals surface area contributed by atoms with Crippen molar-refractivity contribution in [1.82, 2.24) is 15.0 Å². The molecule has 1 aromatic heterocycles. The van der Waals surface area contributed by atoms with Gasteiger partial charge < -0.3 is 9.63 Å². The molecule has 0 saturated carbocycles. The van der Waals surface area contributed by atoms with E-state index in [-0.39, 0.29) is 6.10 Å². The number of rotatable bonds is 5. The fourth-order valence-electron chi connectivity index (χ4n) is 2.79. The second-order valence-electron chi connectivity index (χ2n) is 5.57. The number of hydrogen-bond donors (Lipinski definition) is 1. The maximum absolute atomic E-state index is 9.54. The van der Waals surface area contributed by atoms with Crippen LogP contribution in [0.3, 0.4) is 0 Å². The maximum Gasteiger partial charge on any atom is 0.133 e. The molecule has 1 saturated heterocycles. The summed E-state index contributed by atoms with van der Waals surface area (Å²) in [6.07, 6.45) is 0.861. The highest BCUT2D eigenvalue weighted by molar-refractivity contribution is 5.03. The lowest BCUT2D eigenvalue weighted by Gasteiger charge is -2.41. The molecule has 0 bridgehead atoms. The van der Waals surface area contributed by atoms with E-state index in [0.717, 1.165) is 50.6 Å². The van der Waals surface area contributed by atoms with E-state index in [4.69, 9.17) is 4.52 Å². The van der Waals surface area contributed by atoms with Crippen LogP contribution in [-0.2, 0) is 6.54 Å². The maximum atomic E-state index is 9.54. The normalized spacial score (nSPS) is 23.7. The van der Waals surface area contributed by atoms with Crippen molar-refractivity contribution in [2.75, 3.05) is 26.2 Å². The highest BCUT2D eigenvalue weighted by atomic mass is 16.5. The van der Waals surface area contributed by atoms with E-state index in [1.807, 2.05) is 19.9 Å². The molecule has 0 aromatic carbocycles. The van der Waals surface area contributed by atoms with Crippen LogP contribution in [0.25, 0.3) is 0 Å². The van der Waals surface area contributed by atoms with Gasteiger partial charge in [0.1, 0.15) is 5.76 Å². The lowest BCUT2D eigenvalue weighted by atomic mass is 10.1. The van der Waals surface area contributed by atoms with Crippen LogP contribution in [-0.4, -0.2) is 58.4 Å². The first-order valence-corrected chi connectivity index (χ1v) is 7.15. The van der Waals surface area contributed by atoms with Crippen LogP contribution in [0.5, 0.6) is 0 Å². The van der Waals surface area contributed by atoms with Crippen molar-refractivity contribution in [2.45, 2.75) is 45.9 Å². The van der Waals surface area contributed by atoms with Gasteiger partial charge in [-0.3, -0.25) is 9.80 Å². The Morgan fingerprint density at radius 2 is 2.32 bits per heavy atom. The molecule has 108 valence electrons. The molecular weight excluding hydrogens is 242 g/mol. The summed E-state index contributed by atoms with van der Waals surface area (Å²) in [5.41, 5.74) is 1.01. The van der Waals surface area contributed by atoms with E-state index in [1.165, 1.54) is 0 Å². The molecule has 1 aromatic rings. The predicted molar refractivity (Wildman–Crippen MR) is 73.8 cm³/mol. The van der Waals surface area contributed by atoms with Crippen LogP contribution in [0, 0.1) is 6.92 Å². The largest absolute Gasteiger partial charge is 0.392 e. The zero-order valence-electron chi connectivity index (χ0n) is 12.2. The Morgan fingerprint density at radius 1 is 1.53 bits per heavy atom. The van der Waals surface area contributed by atoms with Gasteiger partial charge in [-0.15, -0.1) is 0 Å². The number of piperazine rings is 1. The molecule has 2 heterocycles. The van der Waals surface area contributed by atoms with Gasteiger partial charge >= 0.3 is 0 Å². The van der Waals surface area contributed by atoms with Crippen molar-refractivity contribution >= 4 is 0 Å². The van der Waals surface area contributed by atoms with Crippen molar-refractivity contribution in [2.24, 2.45) is 0 Å². The second-order valence-corrected chi connectivity index (χ2v) is 5.57. The Kier molecular flexibility index (Phi) is 4.96. The molecular formula is C14H25N3O2. The molecule has 0 unspecified atom stereocenters. The van der Waals surface area contributed by atoms with Gasteiger partial charge in [0.15, 0.2) is 0 Å². The zero-order chi connectivity index (χ0) is 13.8. The minimum absolute atomic E-state index is 0.251. The molecule has 0 amide bonds. The fraction of sp³-hybridized carbons (Fsp3) is 0.786. The van der Waals surface area contributed by atoms with Gasteiger partial charge in [0.05, 0.1) is 11.8 Å².